The molecule has 0 radical (unpaired) electrons. The molecule has 21 heavy (non-hydrogen) atoms. The fourth-order valence-corrected chi connectivity index (χ4v) is 2.33. The first-order chi connectivity index (χ1) is 10.0. The van der Waals surface area contributed by atoms with Gasteiger partial charge in [0.1, 0.15) is 6.54 Å². The molecule has 1 fully saturated rings. The molecule has 1 N–H and O–H groups in total. The molecule has 1 aromatic rings. The largest absolute Gasteiger partial charge is 0.493 e. The van der Waals surface area contributed by atoms with Crippen molar-refractivity contribution in [1.29, 1.82) is 0 Å². The van der Waals surface area contributed by atoms with Crippen molar-refractivity contribution in [2.45, 2.75) is 6.92 Å². The van der Waals surface area contributed by atoms with Crippen molar-refractivity contribution in [3.63, 3.8) is 0 Å². The van der Waals surface area contributed by atoms with Crippen LogP contribution in [0.3, 0.4) is 0 Å². The average Bonchev–Trinajstić information content (AvgIpc) is 2.77. The Morgan fingerprint density at radius 2 is 2.24 bits per heavy atom. The number of amides is 3. The Kier molecular flexibility index (Phi) is 4.79. The van der Waals surface area contributed by atoms with Gasteiger partial charge >= 0.3 is 6.03 Å². The second-order valence-electron chi connectivity index (χ2n) is 4.12. The molecule has 0 spiro atoms. The van der Waals surface area contributed by atoms with E-state index in [0.717, 1.165) is 5.01 Å². The molecule has 0 atom stereocenters. The standard InChI is InChI=1S/C13H14BrN3O4/c1-3-21-12-9(14)4-8(5-10(12)20-2)6-15-17-7-11(18)16-13(17)19/h4-6H,3,7H2,1-2H3,(H,16,18,19)/b15-6-. The van der Waals surface area contributed by atoms with Crippen LogP contribution in [0.5, 0.6) is 11.5 Å². The minimum Gasteiger partial charge on any atom is -0.493 e. The highest BCUT2D eigenvalue weighted by Gasteiger charge is 2.25. The monoisotopic (exact) mass is 355 g/mol. The molecule has 1 aromatic carbocycles. The fourth-order valence-electron chi connectivity index (χ4n) is 1.76. The molecule has 1 aliphatic rings. The third kappa shape index (κ3) is 3.52. The Morgan fingerprint density at radius 1 is 1.48 bits per heavy atom. The van der Waals surface area contributed by atoms with Crippen LogP contribution in [0.2, 0.25) is 0 Å². The Labute approximate surface area is 130 Å². The lowest BCUT2D eigenvalue weighted by Crippen LogP contribution is -2.24. The summed E-state index contributed by atoms with van der Waals surface area (Å²) in [6, 6.07) is 2.98. The number of ether oxygens (including phenoxy) is 2. The topological polar surface area (TPSA) is 80.2 Å². The molecular weight excluding hydrogens is 342 g/mol. The minimum absolute atomic E-state index is 0.0787. The summed E-state index contributed by atoms with van der Waals surface area (Å²) in [5, 5.41) is 7.17. The summed E-state index contributed by atoms with van der Waals surface area (Å²) in [5.74, 6) is 0.781. The van der Waals surface area contributed by atoms with Crippen LogP contribution in [0.15, 0.2) is 21.7 Å². The van der Waals surface area contributed by atoms with Crippen LogP contribution < -0.4 is 14.8 Å². The van der Waals surface area contributed by atoms with E-state index in [-0.39, 0.29) is 12.5 Å². The summed E-state index contributed by atoms with van der Waals surface area (Å²) in [4.78, 5) is 22.4. The molecule has 0 aromatic heterocycles. The predicted octanol–water partition coefficient (Wildman–Crippen LogP) is 1.74. The van der Waals surface area contributed by atoms with E-state index < -0.39 is 6.03 Å². The normalized spacial score (nSPS) is 14.7. The van der Waals surface area contributed by atoms with Gasteiger partial charge < -0.3 is 9.47 Å². The predicted molar refractivity (Wildman–Crippen MR) is 79.7 cm³/mol. The highest BCUT2D eigenvalue weighted by atomic mass is 79.9. The maximum Gasteiger partial charge on any atom is 0.344 e. The third-order valence-electron chi connectivity index (χ3n) is 2.66. The number of benzene rings is 1. The van der Waals surface area contributed by atoms with Gasteiger partial charge in [-0.1, -0.05) is 0 Å². The number of hydrogen-bond donors (Lipinski definition) is 1. The van der Waals surface area contributed by atoms with E-state index in [9.17, 15) is 9.59 Å². The van der Waals surface area contributed by atoms with Crippen molar-refractivity contribution in [1.82, 2.24) is 10.3 Å². The zero-order valence-corrected chi connectivity index (χ0v) is 13.1. The number of urea groups is 1. The zero-order valence-electron chi connectivity index (χ0n) is 11.6. The van der Waals surface area contributed by atoms with Crippen LogP contribution in [-0.2, 0) is 4.79 Å². The van der Waals surface area contributed by atoms with Crippen molar-refractivity contribution in [2.24, 2.45) is 5.10 Å². The highest BCUT2D eigenvalue weighted by molar-refractivity contribution is 9.10. The van der Waals surface area contributed by atoms with Gasteiger partial charge in [-0.2, -0.15) is 5.10 Å². The van der Waals surface area contributed by atoms with Crippen molar-refractivity contribution >= 4 is 34.1 Å². The average molecular weight is 356 g/mol. The van der Waals surface area contributed by atoms with Crippen molar-refractivity contribution in [3.8, 4) is 11.5 Å². The molecule has 3 amide bonds. The Morgan fingerprint density at radius 3 is 2.81 bits per heavy atom. The number of carbonyl (C=O) groups excluding carboxylic acids is 2. The Bertz CT molecular complexity index is 603. The highest BCUT2D eigenvalue weighted by Crippen LogP contribution is 2.36. The number of nitrogens with one attached hydrogen (secondary N) is 1. The summed E-state index contributed by atoms with van der Waals surface area (Å²) in [6.07, 6.45) is 1.47. The maximum absolute atomic E-state index is 11.4. The lowest BCUT2D eigenvalue weighted by atomic mass is 10.2. The zero-order chi connectivity index (χ0) is 15.4. The summed E-state index contributed by atoms with van der Waals surface area (Å²) in [6.45, 7) is 2.31. The van der Waals surface area contributed by atoms with Gasteiger partial charge in [0.2, 0.25) is 5.91 Å². The molecule has 2 rings (SSSR count). The van der Waals surface area contributed by atoms with Crippen LogP contribution >= 0.6 is 15.9 Å². The summed E-state index contributed by atoms with van der Waals surface area (Å²) < 4.78 is 11.5. The second kappa shape index (κ2) is 6.57. The van der Waals surface area contributed by atoms with E-state index >= 15 is 0 Å². The van der Waals surface area contributed by atoms with E-state index in [0.29, 0.717) is 28.1 Å². The minimum atomic E-state index is -0.534. The molecule has 7 nitrogen and oxygen atoms in total. The number of carbonyl (C=O) groups is 2. The molecule has 0 bridgehead atoms. The van der Waals surface area contributed by atoms with Crippen molar-refractivity contribution in [3.05, 3.63) is 22.2 Å². The van der Waals surface area contributed by atoms with Crippen molar-refractivity contribution < 1.29 is 19.1 Å². The molecular formula is C13H14BrN3O4. The van der Waals surface area contributed by atoms with E-state index in [4.69, 9.17) is 9.47 Å². The number of hydrogen-bond acceptors (Lipinski definition) is 5. The van der Waals surface area contributed by atoms with Crippen LogP contribution in [0.4, 0.5) is 4.79 Å². The van der Waals surface area contributed by atoms with Crippen LogP contribution in [0.1, 0.15) is 12.5 Å². The second-order valence-corrected chi connectivity index (χ2v) is 4.98. The van der Waals surface area contributed by atoms with Gasteiger partial charge in [0.25, 0.3) is 0 Å². The van der Waals surface area contributed by atoms with Gasteiger partial charge in [0.15, 0.2) is 11.5 Å². The molecule has 1 heterocycles. The van der Waals surface area contributed by atoms with E-state index in [1.54, 1.807) is 12.1 Å². The van der Waals surface area contributed by atoms with Crippen molar-refractivity contribution in [2.75, 3.05) is 20.3 Å². The number of hydrazone groups is 1. The van der Waals surface area contributed by atoms with Gasteiger partial charge in [-0.15, -0.1) is 0 Å². The molecule has 0 aliphatic carbocycles. The molecule has 1 aliphatic heterocycles. The first kappa shape index (κ1) is 15.3. The lowest BCUT2D eigenvalue weighted by Gasteiger charge is -2.12. The summed E-state index contributed by atoms with van der Waals surface area (Å²) in [7, 11) is 1.54. The number of halogens is 1. The smallest absolute Gasteiger partial charge is 0.344 e. The van der Waals surface area contributed by atoms with Gasteiger partial charge in [0, 0.05) is 0 Å². The number of methoxy groups -OCH3 is 1. The first-order valence-electron chi connectivity index (χ1n) is 6.20. The molecule has 8 heteroatoms. The third-order valence-corrected chi connectivity index (χ3v) is 3.25. The number of imide groups is 1. The maximum atomic E-state index is 11.4. The fraction of sp³-hybridized carbons (Fsp3) is 0.308. The van der Waals surface area contributed by atoms with E-state index in [1.165, 1.54) is 13.3 Å². The molecule has 1 saturated heterocycles. The summed E-state index contributed by atoms with van der Waals surface area (Å²) >= 11 is 3.40. The number of nitrogens with zero attached hydrogens (tertiary/aromatic N) is 2. The molecule has 0 saturated carbocycles. The number of rotatable bonds is 5. The van der Waals surface area contributed by atoms with Gasteiger partial charge in [0.05, 0.1) is 24.4 Å². The SMILES string of the molecule is CCOc1c(Br)cc(/C=N\N2CC(=O)NC2=O)cc1OC. The lowest BCUT2D eigenvalue weighted by molar-refractivity contribution is -0.118. The van der Waals surface area contributed by atoms with Crippen LogP contribution in [0.25, 0.3) is 0 Å². The van der Waals surface area contributed by atoms with Crippen LogP contribution in [-0.4, -0.2) is 43.4 Å². The molecule has 0 unspecified atom stereocenters. The van der Waals surface area contributed by atoms with Gasteiger partial charge in [-0.25, -0.2) is 9.80 Å². The van der Waals surface area contributed by atoms with E-state index in [1.807, 2.05) is 6.92 Å². The first-order valence-corrected chi connectivity index (χ1v) is 7.00. The van der Waals surface area contributed by atoms with E-state index in [2.05, 4.69) is 26.3 Å². The van der Waals surface area contributed by atoms with Crippen LogP contribution in [0, 0.1) is 0 Å². The molecule has 112 valence electrons. The Balaban J connectivity index is 2.23. The van der Waals surface area contributed by atoms with Gasteiger partial charge in [-0.05, 0) is 40.5 Å². The Hall–Kier alpha value is -2.09. The summed E-state index contributed by atoms with van der Waals surface area (Å²) in [5.41, 5.74) is 0.703. The quantitative estimate of drug-likeness (QED) is 0.644. The van der Waals surface area contributed by atoms with Gasteiger partial charge in [-0.3, -0.25) is 10.1 Å².